The molecule has 0 bridgehead atoms. The van der Waals surface area contributed by atoms with Gasteiger partial charge in [-0.05, 0) is 0 Å². The van der Waals surface area contributed by atoms with Crippen LogP contribution in [-0.2, 0) is 27.8 Å². The molecule has 1 amide bonds. The van der Waals surface area contributed by atoms with Crippen LogP contribution < -0.4 is 11.2 Å². The Kier molecular flexibility index (Phi) is 4.76. The van der Waals surface area contributed by atoms with Gasteiger partial charge in [-0.3, -0.25) is 19.0 Å². The summed E-state index contributed by atoms with van der Waals surface area (Å²) in [6, 6.07) is -0.551. The number of aromatic nitrogens is 2. The van der Waals surface area contributed by atoms with Gasteiger partial charge in [0.1, 0.15) is 0 Å². The molecule has 9 nitrogen and oxygen atoms in total. The SMILES string of the molecule is Cn1c(=O)[nH]cc(CC(=O)N2CCOCC2CC(=O)O)c1=O. The molecule has 22 heavy (non-hydrogen) atoms. The second kappa shape index (κ2) is 6.56. The number of aliphatic carboxylic acids is 1. The Bertz CT molecular complexity index is 692. The van der Waals surface area contributed by atoms with Gasteiger partial charge in [0, 0.05) is 25.4 Å². The fourth-order valence-corrected chi connectivity index (χ4v) is 2.36. The largest absolute Gasteiger partial charge is 0.481 e. The zero-order valence-corrected chi connectivity index (χ0v) is 12.1. The Morgan fingerprint density at radius 3 is 2.86 bits per heavy atom. The molecule has 0 radical (unpaired) electrons. The quantitative estimate of drug-likeness (QED) is 0.685. The number of H-pyrrole nitrogens is 1. The normalized spacial score (nSPS) is 18.2. The first-order valence-electron chi connectivity index (χ1n) is 6.76. The third-order valence-electron chi connectivity index (χ3n) is 3.55. The number of amides is 1. The molecule has 1 saturated heterocycles. The summed E-state index contributed by atoms with van der Waals surface area (Å²) < 4.78 is 6.09. The third-order valence-corrected chi connectivity index (χ3v) is 3.55. The lowest BCUT2D eigenvalue weighted by atomic mass is 10.1. The van der Waals surface area contributed by atoms with Crippen molar-refractivity contribution in [2.45, 2.75) is 18.9 Å². The maximum absolute atomic E-state index is 12.3. The molecule has 1 aromatic rings. The van der Waals surface area contributed by atoms with E-state index in [9.17, 15) is 19.2 Å². The molecule has 2 heterocycles. The predicted octanol–water partition coefficient (Wildman–Crippen LogP) is -1.68. The van der Waals surface area contributed by atoms with E-state index in [-0.39, 0.29) is 37.5 Å². The summed E-state index contributed by atoms with van der Waals surface area (Å²) in [5.74, 6) is -1.38. The molecule has 0 aliphatic carbocycles. The van der Waals surface area contributed by atoms with Crippen LogP contribution in [0.2, 0.25) is 0 Å². The Labute approximate surface area is 125 Å². The fraction of sp³-hybridized carbons (Fsp3) is 0.538. The number of ether oxygens (including phenoxy) is 1. The average Bonchev–Trinajstić information content (AvgIpc) is 2.48. The number of hydrogen-bond acceptors (Lipinski definition) is 5. The zero-order chi connectivity index (χ0) is 16.3. The molecular weight excluding hydrogens is 294 g/mol. The van der Waals surface area contributed by atoms with Crippen LogP contribution in [0.4, 0.5) is 0 Å². The summed E-state index contributed by atoms with van der Waals surface area (Å²) in [5.41, 5.74) is -0.941. The van der Waals surface area contributed by atoms with Crippen LogP contribution in [-0.4, -0.2) is 57.2 Å². The van der Waals surface area contributed by atoms with Crippen LogP contribution in [0.5, 0.6) is 0 Å². The molecule has 1 atom stereocenters. The highest BCUT2D eigenvalue weighted by molar-refractivity contribution is 5.80. The molecule has 1 fully saturated rings. The van der Waals surface area contributed by atoms with Crippen molar-refractivity contribution in [3.8, 4) is 0 Å². The predicted molar refractivity (Wildman–Crippen MR) is 74.6 cm³/mol. The second-order valence-electron chi connectivity index (χ2n) is 5.07. The van der Waals surface area contributed by atoms with E-state index < -0.39 is 23.3 Å². The van der Waals surface area contributed by atoms with Crippen LogP contribution in [0.3, 0.4) is 0 Å². The number of nitrogens with one attached hydrogen (secondary N) is 1. The molecule has 0 spiro atoms. The standard InChI is InChI=1S/C13H17N3O6/c1-15-12(20)8(6-14-13(15)21)4-10(17)16-2-3-22-7-9(16)5-11(18)19/h6,9H,2-5,7H2,1H3,(H,14,21)(H,18,19). The highest BCUT2D eigenvalue weighted by Crippen LogP contribution is 2.12. The van der Waals surface area contributed by atoms with Gasteiger partial charge < -0.3 is 19.7 Å². The van der Waals surface area contributed by atoms with Gasteiger partial charge in [-0.25, -0.2) is 4.79 Å². The maximum atomic E-state index is 12.3. The van der Waals surface area contributed by atoms with Gasteiger partial charge in [-0.1, -0.05) is 0 Å². The van der Waals surface area contributed by atoms with Crippen molar-refractivity contribution >= 4 is 11.9 Å². The molecule has 120 valence electrons. The van der Waals surface area contributed by atoms with Crippen LogP contribution >= 0.6 is 0 Å². The summed E-state index contributed by atoms with van der Waals surface area (Å²) in [6.07, 6.45) is 0.810. The molecule has 2 N–H and O–H groups in total. The number of carbonyl (C=O) groups excluding carboxylic acids is 1. The Morgan fingerprint density at radius 2 is 2.18 bits per heavy atom. The minimum Gasteiger partial charge on any atom is -0.481 e. The molecule has 0 aromatic carbocycles. The summed E-state index contributed by atoms with van der Waals surface area (Å²) in [5, 5.41) is 8.88. The van der Waals surface area contributed by atoms with Crippen LogP contribution in [0, 0.1) is 0 Å². The molecule has 1 aliphatic heterocycles. The van der Waals surface area contributed by atoms with E-state index in [0.29, 0.717) is 6.61 Å². The summed E-state index contributed by atoms with van der Waals surface area (Å²) in [4.78, 5) is 50.2. The Balaban J connectivity index is 2.17. The Hall–Kier alpha value is -2.42. The summed E-state index contributed by atoms with van der Waals surface area (Å²) in [6.45, 7) is 0.758. The number of carboxylic acid groups (broad SMARTS) is 1. The molecular formula is C13H17N3O6. The number of morpholine rings is 1. The summed E-state index contributed by atoms with van der Waals surface area (Å²) in [7, 11) is 1.32. The van der Waals surface area contributed by atoms with Gasteiger partial charge in [0.2, 0.25) is 5.91 Å². The lowest BCUT2D eigenvalue weighted by molar-refractivity contribution is -0.145. The van der Waals surface area contributed by atoms with Gasteiger partial charge in [0.05, 0.1) is 32.1 Å². The van der Waals surface area contributed by atoms with Gasteiger partial charge in [-0.15, -0.1) is 0 Å². The summed E-state index contributed by atoms with van der Waals surface area (Å²) >= 11 is 0. The van der Waals surface area contributed by atoms with E-state index >= 15 is 0 Å². The van der Waals surface area contributed by atoms with E-state index in [0.717, 1.165) is 4.57 Å². The van der Waals surface area contributed by atoms with Crippen molar-refractivity contribution in [2.75, 3.05) is 19.8 Å². The molecule has 1 aromatic heterocycles. The number of carboxylic acids is 1. The minimum atomic E-state index is -1.02. The number of rotatable bonds is 4. The van der Waals surface area contributed by atoms with Crippen LogP contribution in [0.1, 0.15) is 12.0 Å². The van der Waals surface area contributed by atoms with E-state index in [4.69, 9.17) is 9.84 Å². The van der Waals surface area contributed by atoms with Crippen molar-refractivity contribution in [1.82, 2.24) is 14.5 Å². The number of aromatic amines is 1. The first-order valence-corrected chi connectivity index (χ1v) is 6.76. The van der Waals surface area contributed by atoms with Gasteiger partial charge in [0.15, 0.2) is 0 Å². The second-order valence-corrected chi connectivity index (χ2v) is 5.07. The topological polar surface area (TPSA) is 122 Å². The highest BCUT2D eigenvalue weighted by atomic mass is 16.5. The zero-order valence-electron chi connectivity index (χ0n) is 12.1. The molecule has 9 heteroatoms. The van der Waals surface area contributed by atoms with E-state index in [1.54, 1.807) is 0 Å². The minimum absolute atomic E-state index is 0.154. The average molecular weight is 311 g/mol. The van der Waals surface area contributed by atoms with Crippen molar-refractivity contribution in [3.05, 3.63) is 32.6 Å². The number of hydrogen-bond donors (Lipinski definition) is 2. The van der Waals surface area contributed by atoms with E-state index in [1.165, 1.54) is 18.1 Å². The first-order chi connectivity index (χ1) is 10.4. The maximum Gasteiger partial charge on any atom is 0.328 e. The fourth-order valence-electron chi connectivity index (χ4n) is 2.36. The van der Waals surface area contributed by atoms with Crippen molar-refractivity contribution in [1.29, 1.82) is 0 Å². The van der Waals surface area contributed by atoms with Crippen molar-refractivity contribution < 1.29 is 19.4 Å². The third kappa shape index (κ3) is 3.42. The van der Waals surface area contributed by atoms with Crippen molar-refractivity contribution in [3.63, 3.8) is 0 Å². The molecule has 2 rings (SSSR count). The monoisotopic (exact) mass is 311 g/mol. The first kappa shape index (κ1) is 16.0. The highest BCUT2D eigenvalue weighted by Gasteiger charge is 2.29. The van der Waals surface area contributed by atoms with E-state index in [2.05, 4.69) is 4.98 Å². The van der Waals surface area contributed by atoms with E-state index in [1.807, 2.05) is 0 Å². The lowest BCUT2D eigenvalue weighted by Gasteiger charge is -2.34. The number of carbonyl (C=O) groups is 2. The molecule has 1 unspecified atom stereocenters. The van der Waals surface area contributed by atoms with Crippen molar-refractivity contribution in [2.24, 2.45) is 7.05 Å². The molecule has 1 aliphatic rings. The van der Waals surface area contributed by atoms with Crippen LogP contribution in [0.15, 0.2) is 15.8 Å². The van der Waals surface area contributed by atoms with Gasteiger partial charge >= 0.3 is 11.7 Å². The van der Waals surface area contributed by atoms with Gasteiger partial charge in [-0.2, -0.15) is 0 Å². The number of nitrogens with zero attached hydrogens (tertiary/aromatic N) is 2. The smallest absolute Gasteiger partial charge is 0.328 e. The van der Waals surface area contributed by atoms with Crippen LogP contribution in [0.25, 0.3) is 0 Å². The molecule has 0 saturated carbocycles. The van der Waals surface area contributed by atoms with Gasteiger partial charge in [0.25, 0.3) is 5.56 Å². The lowest BCUT2D eigenvalue weighted by Crippen LogP contribution is -2.50. The Morgan fingerprint density at radius 1 is 1.45 bits per heavy atom.